The van der Waals surface area contributed by atoms with Gasteiger partial charge in [-0.25, -0.2) is 8.78 Å². The molecule has 2 aliphatic carbocycles. The highest BCUT2D eigenvalue weighted by Crippen LogP contribution is 2.61. The van der Waals surface area contributed by atoms with Crippen LogP contribution >= 0.6 is 11.6 Å². The third kappa shape index (κ3) is 1.15. The number of rotatable bonds is 2. The van der Waals surface area contributed by atoms with Crippen molar-refractivity contribution >= 4 is 11.6 Å². The molecule has 2 aliphatic rings. The Labute approximate surface area is 76.3 Å². The molecule has 0 heterocycles. The molecule has 0 saturated heterocycles. The number of hydrogen-bond acceptors (Lipinski definition) is 0. The maximum absolute atomic E-state index is 12.7. The standard InChI is InChI=1S/C9H13ClF2/c10-6-8(7-2-1-3-7)4-9(11,12)5-8/h7H,1-6H2. The van der Waals surface area contributed by atoms with Gasteiger partial charge >= 0.3 is 0 Å². The summed E-state index contributed by atoms with van der Waals surface area (Å²) in [6.07, 6.45) is 3.50. The Morgan fingerprint density at radius 3 is 2.08 bits per heavy atom. The molecule has 0 bridgehead atoms. The Balaban J connectivity index is 1.99. The summed E-state index contributed by atoms with van der Waals surface area (Å²) in [6.45, 7) is 0. The Bertz CT molecular complexity index is 179. The van der Waals surface area contributed by atoms with Gasteiger partial charge in [-0.2, -0.15) is 0 Å². The molecule has 0 aromatic rings. The molecule has 0 atom stereocenters. The molecule has 2 rings (SSSR count). The van der Waals surface area contributed by atoms with Crippen LogP contribution in [0.15, 0.2) is 0 Å². The Kier molecular flexibility index (Phi) is 1.87. The molecular formula is C9H13ClF2. The lowest BCUT2D eigenvalue weighted by Crippen LogP contribution is -2.53. The minimum atomic E-state index is -2.41. The molecular weight excluding hydrogens is 182 g/mol. The summed E-state index contributed by atoms with van der Waals surface area (Å²) < 4.78 is 25.4. The SMILES string of the molecule is FC1(F)CC(CCl)(C2CCC2)C1. The first-order valence-electron chi connectivity index (χ1n) is 4.52. The first kappa shape index (κ1) is 8.74. The molecule has 12 heavy (non-hydrogen) atoms. The minimum Gasteiger partial charge on any atom is -0.207 e. The van der Waals surface area contributed by atoms with Crippen molar-refractivity contribution in [2.45, 2.75) is 38.0 Å². The molecule has 0 nitrogen and oxygen atoms in total. The van der Waals surface area contributed by atoms with E-state index >= 15 is 0 Å². The zero-order valence-electron chi connectivity index (χ0n) is 6.95. The van der Waals surface area contributed by atoms with E-state index in [9.17, 15) is 8.78 Å². The average Bonchev–Trinajstić information content (AvgIpc) is 1.78. The lowest BCUT2D eigenvalue weighted by molar-refractivity contribution is -0.183. The molecule has 0 radical (unpaired) electrons. The Morgan fingerprint density at radius 1 is 1.25 bits per heavy atom. The van der Waals surface area contributed by atoms with Crippen molar-refractivity contribution in [1.29, 1.82) is 0 Å². The second-order valence-corrected chi connectivity index (χ2v) is 4.60. The summed E-state index contributed by atoms with van der Waals surface area (Å²) in [6, 6.07) is 0. The first-order chi connectivity index (χ1) is 5.58. The van der Waals surface area contributed by atoms with Gasteiger partial charge in [-0.1, -0.05) is 6.42 Å². The lowest BCUT2D eigenvalue weighted by atomic mass is 9.54. The molecule has 70 valence electrons. The van der Waals surface area contributed by atoms with Crippen LogP contribution in [0, 0.1) is 11.3 Å². The lowest BCUT2D eigenvalue weighted by Gasteiger charge is -2.54. The van der Waals surface area contributed by atoms with E-state index in [4.69, 9.17) is 11.6 Å². The molecule has 0 aliphatic heterocycles. The van der Waals surface area contributed by atoms with Gasteiger partial charge < -0.3 is 0 Å². The predicted octanol–water partition coefficient (Wildman–Crippen LogP) is 3.44. The second kappa shape index (κ2) is 2.57. The van der Waals surface area contributed by atoms with E-state index in [1.165, 1.54) is 6.42 Å². The highest BCUT2D eigenvalue weighted by Gasteiger charge is 2.59. The minimum absolute atomic E-state index is 0.0359. The number of hydrogen-bond donors (Lipinski definition) is 0. The van der Waals surface area contributed by atoms with Crippen molar-refractivity contribution in [3.05, 3.63) is 0 Å². The van der Waals surface area contributed by atoms with Crippen LogP contribution in [0.3, 0.4) is 0 Å². The summed E-state index contributed by atoms with van der Waals surface area (Å²) in [5.41, 5.74) is -0.191. The van der Waals surface area contributed by atoms with E-state index in [0.717, 1.165) is 12.8 Å². The van der Waals surface area contributed by atoms with Crippen LogP contribution in [0.5, 0.6) is 0 Å². The van der Waals surface area contributed by atoms with Gasteiger partial charge in [0.25, 0.3) is 0 Å². The van der Waals surface area contributed by atoms with Crippen LogP contribution < -0.4 is 0 Å². The fourth-order valence-corrected chi connectivity index (χ4v) is 2.90. The van der Waals surface area contributed by atoms with Gasteiger partial charge in [-0.05, 0) is 24.2 Å². The molecule has 0 unspecified atom stereocenters. The molecule has 0 aromatic carbocycles. The van der Waals surface area contributed by atoms with Gasteiger partial charge in [0.05, 0.1) is 0 Å². The molecule has 2 saturated carbocycles. The van der Waals surface area contributed by atoms with E-state index in [-0.39, 0.29) is 18.3 Å². The summed E-state index contributed by atoms with van der Waals surface area (Å²) in [5, 5.41) is 0. The largest absolute Gasteiger partial charge is 0.249 e. The van der Waals surface area contributed by atoms with Gasteiger partial charge in [0.2, 0.25) is 5.92 Å². The van der Waals surface area contributed by atoms with Crippen molar-refractivity contribution in [3.8, 4) is 0 Å². The molecule has 0 N–H and O–H groups in total. The van der Waals surface area contributed by atoms with Crippen molar-refractivity contribution in [3.63, 3.8) is 0 Å². The molecule has 0 spiro atoms. The maximum Gasteiger partial charge on any atom is 0.249 e. The van der Waals surface area contributed by atoms with Gasteiger partial charge in [0.1, 0.15) is 0 Å². The summed E-state index contributed by atoms with van der Waals surface area (Å²) in [7, 11) is 0. The van der Waals surface area contributed by atoms with Crippen LogP contribution in [-0.4, -0.2) is 11.8 Å². The molecule has 0 amide bonds. The maximum atomic E-state index is 12.7. The van der Waals surface area contributed by atoms with E-state index in [2.05, 4.69) is 0 Å². The van der Waals surface area contributed by atoms with Gasteiger partial charge in [0, 0.05) is 18.7 Å². The smallest absolute Gasteiger partial charge is 0.207 e. The average molecular weight is 195 g/mol. The topological polar surface area (TPSA) is 0 Å². The van der Waals surface area contributed by atoms with Gasteiger partial charge in [-0.15, -0.1) is 11.6 Å². The molecule has 3 heteroatoms. The van der Waals surface area contributed by atoms with Crippen LogP contribution in [0.4, 0.5) is 8.78 Å². The highest BCUT2D eigenvalue weighted by atomic mass is 35.5. The van der Waals surface area contributed by atoms with Crippen molar-refractivity contribution in [2.24, 2.45) is 11.3 Å². The van der Waals surface area contributed by atoms with E-state index < -0.39 is 5.92 Å². The predicted molar refractivity (Wildman–Crippen MR) is 44.7 cm³/mol. The highest BCUT2D eigenvalue weighted by molar-refractivity contribution is 6.18. The molecule has 2 fully saturated rings. The third-order valence-corrected chi connectivity index (χ3v) is 3.99. The fraction of sp³-hybridized carbons (Fsp3) is 1.00. The van der Waals surface area contributed by atoms with E-state index in [1.54, 1.807) is 0 Å². The van der Waals surface area contributed by atoms with Gasteiger partial charge in [0.15, 0.2) is 0 Å². The van der Waals surface area contributed by atoms with Crippen LogP contribution in [0.25, 0.3) is 0 Å². The van der Waals surface area contributed by atoms with E-state index in [0.29, 0.717) is 11.8 Å². The fourth-order valence-electron chi connectivity index (χ4n) is 2.49. The van der Waals surface area contributed by atoms with Crippen molar-refractivity contribution < 1.29 is 8.78 Å². The van der Waals surface area contributed by atoms with Crippen LogP contribution in [-0.2, 0) is 0 Å². The number of alkyl halides is 3. The normalized spacial score (nSPS) is 32.2. The summed E-state index contributed by atoms with van der Waals surface area (Å²) >= 11 is 5.76. The number of halogens is 3. The Morgan fingerprint density at radius 2 is 1.83 bits per heavy atom. The van der Waals surface area contributed by atoms with E-state index in [1.807, 2.05) is 0 Å². The monoisotopic (exact) mass is 194 g/mol. The summed E-state index contributed by atoms with van der Waals surface area (Å²) in [5.74, 6) is -1.49. The van der Waals surface area contributed by atoms with Crippen molar-refractivity contribution in [2.75, 3.05) is 5.88 Å². The zero-order valence-corrected chi connectivity index (χ0v) is 7.71. The van der Waals surface area contributed by atoms with Crippen LogP contribution in [0.1, 0.15) is 32.1 Å². The summed E-state index contributed by atoms with van der Waals surface area (Å²) in [4.78, 5) is 0. The third-order valence-electron chi connectivity index (χ3n) is 3.46. The Hall–Kier alpha value is 0.150. The quantitative estimate of drug-likeness (QED) is 0.591. The first-order valence-corrected chi connectivity index (χ1v) is 5.05. The molecule has 0 aromatic heterocycles. The van der Waals surface area contributed by atoms with Crippen molar-refractivity contribution in [1.82, 2.24) is 0 Å². The second-order valence-electron chi connectivity index (χ2n) is 4.33. The van der Waals surface area contributed by atoms with Crippen LogP contribution in [0.2, 0.25) is 0 Å². The van der Waals surface area contributed by atoms with Gasteiger partial charge in [-0.3, -0.25) is 0 Å². The zero-order chi connectivity index (χ0) is 8.82.